The Bertz CT molecular complexity index is 920. The first-order chi connectivity index (χ1) is 14.3. The van der Waals surface area contributed by atoms with E-state index in [0.29, 0.717) is 28.4 Å². The summed E-state index contributed by atoms with van der Waals surface area (Å²) in [6.45, 7) is 5.25. The number of imide groups is 1. The molecule has 1 saturated carbocycles. The summed E-state index contributed by atoms with van der Waals surface area (Å²) in [4.78, 5) is 36.7. The molecule has 2 saturated heterocycles. The second kappa shape index (κ2) is 6.87. The minimum atomic E-state index is -1.24. The monoisotopic (exact) mass is 412 g/mol. The molecule has 3 fully saturated rings. The molecular formula is C22H28N4O4. The minimum Gasteiger partial charge on any atom is -0.624 e. The number of fused-ring (bicyclic) bond motifs is 1. The van der Waals surface area contributed by atoms with Crippen molar-refractivity contribution in [2.24, 2.45) is 17.3 Å². The van der Waals surface area contributed by atoms with Gasteiger partial charge in [-0.15, -0.1) is 0 Å². The van der Waals surface area contributed by atoms with E-state index in [1.807, 2.05) is 6.07 Å². The molecule has 0 bridgehead atoms. The van der Waals surface area contributed by atoms with Crippen LogP contribution in [0.25, 0.3) is 0 Å². The van der Waals surface area contributed by atoms with E-state index in [0.717, 1.165) is 25.3 Å². The molecule has 0 aromatic heterocycles. The van der Waals surface area contributed by atoms with Crippen molar-refractivity contribution in [1.29, 1.82) is 0 Å². The fourth-order valence-electron chi connectivity index (χ4n) is 5.63. The molecule has 4 aliphatic rings. The van der Waals surface area contributed by atoms with Crippen LogP contribution in [0.2, 0.25) is 0 Å². The van der Waals surface area contributed by atoms with Crippen LogP contribution in [-0.2, 0) is 16.1 Å². The molecule has 5 rings (SSSR count). The van der Waals surface area contributed by atoms with Gasteiger partial charge in [0.2, 0.25) is 5.91 Å². The number of quaternary nitrogens is 1. The van der Waals surface area contributed by atoms with E-state index in [1.54, 1.807) is 12.1 Å². The van der Waals surface area contributed by atoms with Gasteiger partial charge >= 0.3 is 5.91 Å². The Morgan fingerprint density at radius 3 is 2.70 bits per heavy atom. The zero-order chi connectivity index (χ0) is 21.1. The number of nitrogens with one attached hydrogen (secondary N) is 3. The van der Waals surface area contributed by atoms with Crippen molar-refractivity contribution in [3.8, 4) is 0 Å². The van der Waals surface area contributed by atoms with E-state index in [4.69, 9.17) is 0 Å². The zero-order valence-electron chi connectivity index (χ0n) is 17.2. The topological polar surface area (TPSA) is 110 Å². The molecular weight excluding hydrogens is 384 g/mol. The number of nitrogens with zero attached hydrogens (tertiary/aromatic N) is 1. The average Bonchev–Trinajstić information content (AvgIpc) is 2.90. The average molecular weight is 412 g/mol. The number of carbonyl (C=O) groups excluding carboxylic acids is 3. The predicted molar refractivity (Wildman–Crippen MR) is 110 cm³/mol. The Hall–Kier alpha value is -2.29. The fraction of sp³-hybridized carbons (Fsp3) is 0.591. The second-order valence-corrected chi connectivity index (χ2v) is 9.69. The first-order valence-corrected chi connectivity index (χ1v) is 10.9. The van der Waals surface area contributed by atoms with Crippen LogP contribution in [0.15, 0.2) is 18.2 Å². The molecule has 0 radical (unpaired) electrons. The molecule has 30 heavy (non-hydrogen) atoms. The van der Waals surface area contributed by atoms with Gasteiger partial charge in [-0.3, -0.25) is 19.6 Å². The maximum Gasteiger partial charge on any atom is 0.347 e. The van der Waals surface area contributed by atoms with Crippen molar-refractivity contribution >= 4 is 23.4 Å². The summed E-state index contributed by atoms with van der Waals surface area (Å²) in [7, 11) is 0. The summed E-state index contributed by atoms with van der Waals surface area (Å²) >= 11 is 0. The number of hydroxylamine groups is 3. The van der Waals surface area contributed by atoms with Gasteiger partial charge in [-0.2, -0.15) is 0 Å². The summed E-state index contributed by atoms with van der Waals surface area (Å²) in [5.74, 6) is -0.412. The van der Waals surface area contributed by atoms with Crippen LogP contribution in [0.1, 0.15) is 48.5 Å². The Morgan fingerprint density at radius 2 is 2.03 bits per heavy atom. The van der Waals surface area contributed by atoms with Gasteiger partial charge in [0, 0.05) is 43.7 Å². The highest BCUT2D eigenvalue weighted by Crippen LogP contribution is 2.51. The summed E-state index contributed by atoms with van der Waals surface area (Å²) < 4.78 is -1.24. The molecule has 160 valence electrons. The van der Waals surface area contributed by atoms with Gasteiger partial charge in [-0.25, -0.2) is 4.79 Å². The first kappa shape index (κ1) is 19.7. The second-order valence-electron chi connectivity index (χ2n) is 9.69. The number of benzene rings is 1. The van der Waals surface area contributed by atoms with Crippen LogP contribution < -0.4 is 16.0 Å². The first-order valence-electron chi connectivity index (χ1n) is 10.9. The molecule has 1 aromatic carbocycles. The third-order valence-corrected chi connectivity index (χ3v) is 7.67. The quantitative estimate of drug-likeness (QED) is 0.384. The molecule has 1 spiro atoms. The van der Waals surface area contributed by atoms with Crippen LogP contribution in [0.5, 0.6) is 0 Å². The lowest BCUT2D eigenvalue weighted by Gasteiger charge is -2.56. The number of rotatable bonds is 5. The highest BCUT2D eigenvalue weighted by molar-refractivity contribution is 6.02. The van der Waals surface area contributed by atoms with E-state index in [2.05, 4.69) is 22.9 Å². The van der Waals surface area contributed by atoms with Gasteiger partial charge in [0.05, 0.1) is 5.56 Å². The molecule has 8 heteroatoms. The molecule has 3 amide bonds. The van der Waals surface area contributed by atoms with Crippen molar-refractivity contribution in [2.45, 2.75) is 45.2 Å². The lowest BCUT2D eigenvalue weighted by Crippen LogP contribution is -2.61. The lowest BCUT2D eigenvalue weighted by atomic mass is 9.55. The molecule has 1 aromatic rings. The predicted octanol–water partition coefficient (Wildman–Crippen LogP) is 1.51. The minimum absolute atomic E-state index is 0.0732. The normalized spacial score (nSPS) is 31.0. The third-order valence-electron chi connectivity index (χ3n) is 7.67. The van der Waals surface area contributed by atoms with E-state index >= 15 is 0 Å². The van der Waals surface area contributed by atoms with E-state index in [1.165, 1.54) is 12.8 Å². The molecule has 3 aliphatic heterocycles. The highest BCUT2D eigenvalue weighted by Gasteiger charge is 2.51. The highest BCUT2D eigenvalue weighted by atomic mass is 16.6. The SMILES string of the molecule is C[C@@H](CNc1cccc2c1C[N+]([O-])(C1CCC(=O)NC1=O)C2=O)C1CC2(CNC2)C1. The number of hydrogen-bond donors (Lipinski definition) is 3. The Morgan fingerprint density at radius 1 is 1.27 bits per heavy atom. The number of carbonyl (C=O) groups is 3. The Balaban J connectivity index is 1.29. The molecule has 3 atom stereocenters. The molecule has 1 aliphatic carbocycles. The van der Waals surface area contributed by atoms with Crippen molar-refractivity contribution in [1.82, 2.24) is 10.6 Å². The van der Waals surface area contributed by atoms with Crippen molar-refractivity contribution < 1.29 is 19.0 Å². The van der Waals surface area contributed by atoms with E-state index in [-0.39, 0.29) is 25.3 Å². The molecule has 3 N–H and O–H groups in total. The molecule has 8 nitrogen and oxygen atoms in total. The fourth-order valence-corrected chi connectivity index (χ4v) is 5.63. The van der Waals surface area contributed by atoms with Gasteiger partial charge in [0.25, 0.3) is 5.91 Å². The standard InChI is InChI=1S/C22H28N4O4/c1-13(14-7-22(8-14)11-23-12-22)9-24-17-4-2-3-15-16(17)10-26(30,21(15)29)18-5-6-19(27)25-20(18)28/h2-4,13-14,18,23-24H,5-12H2,1H3,(H,25,27,28)/t13-,18?,26?/m0/s1. The summed E-state index contributed by atoms with van der Waals surface area (Å²) in [5, 5.41) is 22.6. The van der Waals surface area contributed by atoms with Gasteiger partial charge < -0.3 is 15.8 Å². The summed E-state index contributed by atoms with van der Waals surface area (Å²) in [5.41, 5.74) is 2.41. The largest absolute Gasteiger partial charge is 0.624 e. The van der Waals surface area contributed by atoms with Crippen molar-refractivity contribution in [3.63, 3.8) is 0 Å². The van der Waals surface area contributed by atoms with Crippen LogP contribution in [0.3, 0.4) is 0 Å². The van der Waals surface area contributed by atoms with Crippen molar-refractivity contribution in [3.05, 3.63) is 34.5 Å². The van der Waals surface area contributed by atoms with Crippen LogP contribution in [-0.4, -0.2) is 48.0 Å². The van der Waals surface area contributed by atoms with Crippen LogP contribution in [0, 0.1) is 22.5 Å². The van der Waals surface area contributed by atoms with Crippen LogP contribution in [0.4, 0.5) is 5.69 Å². The van der Waals surface area contributed by atoms with Gasteiger partial charge in [-0.1, -0.05) is 13.0 Å². The maximum atomic E-state index is 13.5. The number of amides is 3. The number of hydrogen-bond acceptors (Lipinski definition) is 6. The zero-order valence-corrected chi connectivity index (χ0v) is 17.2. The van der Waals surface area contributed by atoms with E-state index < -0.39 is 22.5 Å². The van der Waals surface area contributed by atoms with Gasteiger partial charge in [0.1, 0.15) is 6.54 Å². The van der Waals surface area contributed by atoms with Gasteiger partial charge in [0.15, 0.2) is 6.04 Å². The molecule has 2 unspecified atom stereocenters. The molecule has 3 heterocycles. The smallest absolute Gasteiger partial charge is 0.347 e. The van der Waals surface area contributed by atoms with Gasteiger partial charge in [-0.05, 0) is 42.2 Å². The van der Waals surface area contributed by atoms with Crippen LogP contribution >= 0.6 is 0 Å². The maximum absolute atomic E-state index is 13.5. The van der Waals surface area contributed by atoms with E-state index in [9.17, 15) is 19.6 Å². The lowest BCUT2D eigenvalue weighted by molar-refractivity contribution is -0.825. The Kier molecular flexibility index (Phi) is 4.50. The number of piperidine rings is 1. The third kappa shape index (κ3) is 2.97. The number of anilines is 1. The Labute approximate surface area is 175 Å². The summed E-state index contributed by atoms with van der Waals surface area (Å²) in [6.07, 6.45) is 2.73. The summed E-state index contributed by atoms with van der Waals surface area (Å²) in [6, 6.07) is 4.27. The van der Waals surface area contributed by atoms with Crippen molar-refractivity contribution in [2.75, 3.05) is 25.0 Å².